The van der Waals surface area contributed by atoms with E-state index in [-0.39, 0.29) is 25.2 Å². The fraction of sp³-hybridized carbons (Fsp3) is 0.368. The van der Waals surface area contributed by atoms with Gasteiger partial charge in [-0.3, -0.25) is 0 Å². The van der Waals surface area contributed by atoms with Crippen LogP contribution in [0.1, 0.15) is 24.4 Å². The maximum atomic E-state index is 9.80. The summed E-state index contributed by atoms with van der Waals surface area (Å²) in [6.07, 6.45) is 1.44. The topological polar surface area (TPSA) is 61.7 Å². The number of nitrogens with one attached hydrogen (secondary N) is 1. The first-order valence-electron chi connectivity index (χ1n) is 7.95. The van der Waals surface area contributed by atoms with Crippen molar-refractivity contribution in [3.8, 4) is 5.75 Å². The molecular formula is C19H25NO3. The highest BCUT2D eigenvalue weighted by atomic mass is 16.5. The second-order valence-corrected chi connectivity index (χ2v) is 5.57. The highest BCUT2D eigenvalue weighted by Gasteiger charge is 2.22. The molecule has 2 rings (SSSR count). The van der Waals surface area contributed by atoms with Crippen LogP contribution in [-0.4, -0.2) is 30.5 Å². The van der Waals surface area contributed by atoms with Gasteiger partial charge in [-0.2, -0.15) is 0 Å². The Morgan fingerprint density at radius 1 is 1.00 bits per heavy atom. The molecule has 2 atom stereocenters. The average Bonchev–Trinajstić information content (AvgIpc) is 2.62. The van der Waals surface area contributed by atoms with Crippen molar-refractivity contribution in [3.05, 3.63) is 60.2 Å². The van der Waals surface area contributed by atoms with Crippen LogP contribution < -0.4 is 10.1 Å². The van der Waals surface area contributed by atoms with E-state index in [0.29, 0.717) is 6.42 Å². The van der Waals surface area contributed by atoms with E-state index in [2.05, 4.69) is 17.4 Å². The molecule has 0 aromatic heterocycles. The van der Waals surface area contributed by atoms with E-state index in [4.69, 9.17) is 9.84 Å². The summed E-state index contributed by atoms with van der Waals surface area (Å²) >= 11 is 0. The molecule has 124 valence electrons. The van der Waals surface area contributed by atoms with Crippen LogP contribution in [0.15, 0.2) is 54.6 Å². The number of methoxy groups -OCH3 is 1. The predicted molar refractivity (Wildman–Crippen MR) is 92.7 cm³/mol. The van der Waals surface area contributed by atoms with Gasteiger partial charge in [-0.05, 0) is 42.7 Å². The van der Waals surface area contributed by atoms with Crippen molar-refractivity contribution >= 4 is 5.69 Å². The molecule has 3 N–H and O–H groups in total. The van der Waals surface area contributed by atoms with Gasteiger partial charge in [0.1, 0.15) is 5.75 Å². The van der Waals surface area contributed by atoms with Gasteiger partial charge in [-0.15, -0.1) is 0 Å². The van der Waals surface area contributed by atoms with Crippen molar-refractivity contribution in [1.29, 1.82) is 0 Å². The lowest BCUT2D eigenvalue weighted by Gasteiger charge is -2.28. The molecule has 0 saturated heterocycles. The van der Waals surface area contributed by atoms with E-state index in [0.717, 1.165) is 23.4 Å². The molecule has 0 heterocycles. The van der Waals surface area contributed by atoms with Crippen molar-refractivity contribution < 1.29 is 14.9 Å². The van der Waals surface area contributed by atoms with Gasteiger partial charge in [-0.1, -0.05) is 30.3 Å². The minimum atomic E-state index is -0.0128. The van der Waals surface area contributed by atoms with Crippen molar-refractivity contribution in [1.82, 2.24) is 0 Å². The number of benzene rings is 2. The van der Waals surface area contributed by atoms with Gasteiger partial charge >= 0.3 is 0 Å². The smallest absolute Gasteiger partial charge is 0.119 e. The Hall–Kier alpha value is -2.04. The summed E-state index contributed by atoms with van der Waals surface area (Å²) in [5.41, 5.74) is 2.10. The lowest BCUT2D eigenvalue weighted by Crippen LogP contribution is -2.24. The van der Waals surface area contributed by atoms with Crippen LogP contribution in [0.4, 0.5) is 5.69 Å². The van der Waals surface area contributed by atoms with Crippen molar-refractivity contribution in [2.45, 2.75) is 18.9 Å². The van der Waals surface area contributed by atoms with Crippen LogP contribution in [-0.2, 0) is 0 Å². The Morgan fingerprint density at radius 3 is 2.26 bits per heavy atom. The van der Waals surface area contributed by atoms with Crippen LogP contribution in [0, 0.1) is 5.92 Å². The molecule has 0 spiro atoms. The van der Waals surface area contributed by atoms with E-state index in [9.17, 15) is 5.11 Å². The lowest BCUT2D eigenvalue weighted by atomic mass is 9.89. The van der Waals surface area contributed by atoms with Gasteiger partial charge in [0.05, 0.1) is 13.2 Å². The number of hydrogen-bond donors (Lipinski definition) is 3. The molecule has 4 nitrogen and oxygen atoms in total. The van der Waals surface area contributed by atoms with Gasteiger partial charge in [0, 0.05) is 24.8 Å². The van der Waals surface area contributed by atoms with Crippen LogP contribution in [0.2, 0.25) is 0 Å². The predicted octanol–water partition coefficient (Wildman–Crippen LogP) is 3.23. The van der Waals surface area contributed by atoms with E-state index in [1.54, 1.807) is 7.11 Å². The largest absolute Gasteiger partial charge is 0.497 e. The summed E-state index contributed by atoms with van der Waals surface area (Å²) in [6, 6.07) is 17.8. The molecule has 4 heteroatoms. The standard InChI is InChI=1S/C19H25NO3/c1-23-18-11-9-17(10-12-18)20-19(15-6-3-2-4-7-15)16(14-22)8-5-13-21/h2-4,6-7,9-12,16,19-22H,5,8,13-14H2,1H3/t16-,19-/m1/s1. The first-order valence-corrected chi connectivity index (χ1v) is 7.95. The summed E-state index contributed by atoms with van der Waals surface area (Å²) in [4.78, 5) is 0. The molecule has 0 aliphatic heterocycles. The SMILES string of the molecule is COc1ccc(N[C@H](c2ccccc2)[C@@H](CO)CCCO)cc1. The zero-order valence-electron chi connectivity index (χ0n) is 13.5. The molecular weight excluding hydrogens is 290 g/mol. The van der Waals surface area contributed by atoms with Crippen LogP contribution in [0.3, 0.4) is 0 Å². The zero-order valence-corrected chi connectivity index (χ0v) is 13.5. The number of rotatable bonds is 9. The Kier molecular flexibility index (Phi) is 6.91. The van der Waals surface area contributed by atoms with Gasteiger partial charge in [0.25, 0.3) is 0 Å². The van der Waals surface area contributed by atoms with E-state index in [1.807, 2.05) is 42.5 Å². The van der Waals surface area contributed by atoms with Crippen LogP contribution in [0.25, 0.3) is 0 Å². The van der Waals surface area contributed by atoms with E-state index >= 15 is 0 Å². The molecule has 2 aromatic rings. The third kappa shape index (κ3) is 4.98. The Balaban J connectivity index is 2.21. The molecule has 0 amide bonds. The maximum Gasteiger partial charge on any atom is 0.119 e. The molecule has 0 fully saturated rings. The minimum absolute atomic E-state index is 0.0128. The number of anilines is 1. The summed E-state index contributed by atoms with van der Waals surface area (Å²) in [5, 5.41) is 22.4. The van der Waals surface area contributed by atoms with Gasteiger partial charge in [0.2, 0.25) is 0 Å². The summed E-state index contributed by atoms with van der Waals surface area (Å²) < 4.78 is 5.18. The van der Waals surface area contributed by atoms with Gasteiger partial charge < -0.3 is 20.3 Å². The summed E-state index contributed by atoms with van der Waals surface area (Å²) in [5.74, 6) is 0.845. The highest BCUT2D eigenvalue weighted by molar-refractivity contribution is 5.48. The third-order valence-electron chi connectivity index (χ3n) is 4.01. The molecule has 0 aliphatic carbocycles. The van der Waals surface area contributed by atoms with Crippen LogP contribution in [0.5, 0.6) is 5.75 Å². The van der Waals surface area contributed by atoms with Gasteiger partial charge in [0.15, 0.2) is 0 Å². The van der Waals surface area contributed by atoms with Crippen LogP contribution >= 0.6 is 0 Å². The Bertz CT molecular complexity index is 557. The molecule has 2 aromatic carbocycles. The number of hydrogen-bond acceptors (Lipinski definition) is 4. The third-order valence-corrected chi connectivity index (χ3v) is 4.01. The monoisotopic (exact) mass is 315 g/mol. The first kappa shape index (κ1) is 17.3. The number of aliphatic hydroxyl groups is 2. The normalized spacial score (nSPS) is 13.3. The first-order chi connectivity index (χ1) is 11.3. The molecule has 23 heavy (non-hydrogen) atoms. The number of aliphatic hydroxyl groups excluding tert-OH is 2. The Labute approximate surface area is 137 Å². The summed E-state index contributed by atoms with van der Waals surface area (Å²) in [6.45, 7) is 0.212. The fourth-order valence-corrected chi connectivity index (χ4v) is 2.72. The maximum absolute atomic E-state index is 9.80. The molecule has 0 bridgehead atoms. The second kappa shape index (κ2) is 9.18. The lowest BCUT2D eigenvalue weighted by molar-refractivity contribution is 0.187. The highest BCUT2D eigenvalue weighted by Crippen LogP contribution is 2.30. The number of ether oxygens (including phenoxy) is 1. The zero-order chi connectivity index (χ0) is 16.5. The summed E-state index contributed by atoms with van der Waals surface area (Å²) in [7, 11) is 1.64. The Morgan fingerprint density at radius 2 is 1.70 bits per heavy atom. The minimum Gasteiger partial charge on any atom is -0.497 e. The van der Waals surface area contributed by atoms with Crippen molar-refractivity contribution in [2.24, 2.45) is 5.92 Å². The average molecular weight is 315 g/mol. The second-order valence-electron chi connectivity index (χ2n) is 5.57. The molecule has 0 unspecified atom stereocenters. The fourth-order valence-electron chi connectivity index (χ4n) is 2.72. The molecule has 0 radical (unpaired) electrons. The van der Waals surface area contributed by atoms with Crippen molar-refractivity contribution in [2.75, 3.05) is 25.6 Å². The quantitative estimate of drug-likeness (QED) is 0.665. The van der Waals surface area contributed by atoms with Gasteiger partial charge in [-0.25, -0.2) is 0 Å². The van der Waals surface area contributed by atoms with E-state index in [1.165, 1.54) is 0 Å². The molecule has 0 saturated carbocycles. The molecule has 0 aliphatic rings. The van der Waals surface area contributed by atoms with E-state index < -0.39 is 0 Å². The van der Waals surface area contributed by atoms with Crippen molar-refractivity contribution in [3.63, 3.8) is 0 Å².